The number of hydrogen-bond acceptors (Lipinski definition) is 3. The van der Waals surface area contributed by atoms with Crippen LogP contribution in [0, 0.1) is 5.92 Å². The van der Waals surface area contributed by atoms with Crippen LogP contribution >= 0.6 is 0 Å². The van der Waals surface area contributed by atoms with E-state index in [2.05, 4.69) is 49.6 Å². The molecule has 0 bridgehead atoms. The van der Waals surface area contributed by atoms with Gasteiger partial charge in [0.25, 0.3) is 0 Å². The van der Waals surface area contributed by atoms with Crippen LogP contribution in [0.25, 0.3) is 0 Å². The van der Waals surface area contributed by atoms with E-state index in [0.717, 1.165) is 32.7 Å². The fourth-order valence-electron chi connectivity index (χ4n) is 3.27. The maximum absolute atomic E-state index is 12.8. The summed E-state index contributed by atoms with van der Waals surface area (Å²) in [6.45, 7) is 15.3. The Balaban J connectivity index is 1.85. The maximum Gasteiger partial charge on any atom is 0.237 e. The number of carbonyl (C=O) groups is 1. The lowest BCUT2D eigenvalue weighted by molar-refractivity contribution is -0.135. The van der Waals surface area contributed by atoms with Crippen LogP contribution in [0.3, 0.4) is 0 Å². The van der Waals surface area contributed by atoms with E-state index in [4.69, 9.17) is 0 Å². The zero-order valence-electron chi connectivity index (χ0n) is 15.7. The molecule has 1 aromatic carbocycles. The molecule has 4 nitrogen and oxygen atoms in total. The zero-order valence-corrected chi connectivity index (χ0v) is 15.7. The summed E-state index contributed by atoms with van der Waals surface area (Å²) in [5.74, 6) is 0.951. The molecule has 0 unspecified atom stereocenters. The fourth-order valence-corrected chi connectivity index (χ4v) is 3.27. The molecule has 0 N–H and O–H groups in total. The summed E-state index contributed by atoms with van der Waals surface area (Å²) in [5.41, 5.74) is 1.20. The van der Waals surface area contributed by atoms with Crippen LogP contribution in [0.1, 0.15) is 33.3 Å². The molecule has 4 heteroatoms. The first-order valence-corrected chi connectivity index (χ1v) is 9.23. The van der Waals surface area contributed by atoms with E-state index >= 15 is 0 Å². The van der Waals surface area contributed by atoms with Crippen LogP contribution in [0.5, 0.6) is 0 Å². The highest BCUT2D eigenvalue weighted by atomic mass is 16.2. The van der Waals surface area contributed by atoms with Crippen molar-refractivity contribution in [3.63, 3.8) is 0 Å². The van der Waals surface area contributed by atoms with Gasteiger partial charge in [0.2, 0.25) is 5.91 Å². The van der Waals surface area contributed by atoms with Crippen molar-refractivity contribution in [3.05, 3.63) is 35.9 Å². The molecular weight excluding hydrogens is 298 g/mol. The summed E-state index contributed by atoms with van der Waals surface area (Å²) < 4.78 is 0. The van der Waals surface area contributed by atoms with Crippen LogP contribution in [0.15, 0.2) is 30.3 Å². The van der Waals surface area contributed by atoms with Crippen LogP contribution in [0.2, 0.25) is 0 Å². The fraction of sp³-hybridized carbons (Fsp3) is 0.650. The summed E-state index contributed by atoms with van der Waals surface area (Å²) in [5, 5.41) is 0. The number of carbonyl (C=O) groups excluding carboxylic acids is 1. The van der Waals surface area contributed by atoms with Gasteiger partial charge in [-0.2, -0.15) is 0 Å². The molecular formula is C20H33N3O. The summed E-state index contributed by atoms with van der Waals surface area (Å²) in [6.07, 6.45) is 0. The lowest BCUT2D eigenvalue weighted by Gasteiger charge is -2.36. The third-order valence-corrected chi connectivity index (χ3v) is 4.59. The van der Waals surface area contributed by atoms with E-state index in [9.17, 15) is 4.79 Å². The average molecular weight is 332 g/mol. The minimum absolute atomic E-state index is 0.222. The molecule has 1 aliphatic heterocycles. The Labute approximate surface area is 147 Å². The van der Waals surface area contributed by atoms with Gasteiger partial charge in [-0.25, -0.2) is 0 Å². The van der Waals surface area contributed by atoms with Crippen molar-refractivity contribution in [1.29, 1.82) is 0 Å². The highest BCUT2D eigenvalue weighted by molar-refractivity contribution is 5.78. The first-order chi connectivity index (χ1) is 11.5. The molecule has 1 amide bonds. The molecule has 0 saturated carbocycles. The second-order valence-electron chi connectivity index (χ2n) is 7.57. The second kappa shape index (κ2) is 9.19. The number of nitrogens with zero attached hydrogens (tertiary/aromatic N) is 3. The highest BCUT2D eigenvalue weighted by Gasteiger charge is 2.23. The average Bonchev–Trinajstić information content (AvgIpc) is 2.54. The Morgan fingerprint density at radius 2 is 1.58 bits per heavy atom. The van der Waals surface area contributed by atoms with E-state index in [0.29, 0.717) is 19.0 Å². The molecule has 0 atom stereocenters. The van der Waals surface area contributed by atoms with Crippen molar-refractivity contribution < 1.29 is 4.79 Å². The van der Waals surface area contributed by atoms with E-state index in [-0.39, 0.29) is 11.9 Å². The third-order valence-electron chi connectivity index (χ3n) is 4.59. The van der Waals surface area contributed by atoms with Crippen molar-refractivity contribution in [2.45, 2.75) is 40.3 Å². The molecule has 24 heavy (non-hydrogen) atoms. The molecule has 0 radical (unpaired) electrons. The normalized spacial score (nSPS) is 16.8. The van der Waals surface area contributed by atoms with Gasteiger partial charge in [0.15, 0.2) is 0 Å². The molecule has 1 aromatic rings. The summed E-state index contributed by atoms with van der Waals surface area (Å²) >= 11 is 0. The number of hydrogen-bond donors (Lipinski definition) is 0. The van der Waals surface area contributed by atoms with E-state index in [1.807, 2.05) is 23.1 Å². The number of benzene rings is 1. The molecule has 0 aromatic heterocycles. The number of amides is 1. The quantitative estimate of drug-likeness (QED) is 0.768. The molecule has 0 aliphatic carbocycles. The van der Waals surface area contributed by atoms with E-state index < -0.39 is 0 Å². The van der Waals surface area contributed by atoms with Crippen molar-refractivity contribution in [2.75, 3.05) is 39.3 Å². The zero-order chi connectivity index (χ0) is 17.5. The topological polar surface area (TPSA) is 26.8 Å². The van der Waals surface area contributed by atoms with Crippen molar-refractivity contribution >= 4 is 5.91 Å². The monoisotopic (exact) mass is 331 g/mol. The Morgan fingerprint density at radius 1 is 1.00 bits per heavy atom. The van der Waals surface area contributed by atoms with Gasteiger partial charge >= 0.3 is 0 Å². The van der Waals surface area contributed by atoms with Gasteiger partial charge in [-0.3, -0.25) is 9.69 Å². The highest BCUT2D eigenvalue weighted by Crippen LogP contribution is 2.11. The first kappa shape index (κ1) is 18.9. The molecule has 2 rings (SSSR count). The van der Waals surface area contributed by atoms with Gasteiger partial charge in [-0.1, -0.05) is 44.2 Å². The predicted octanol–water partition coefficient (Wildman–Crippen LogP) is 2.70. The summed E-state index contributed by atoms with van der Waals surface area (Å²) in [6, 6.07) is 10.5. The Bertz CT molecular complexity index is 493. The molecule has 0 spiro atoms. The first-order valence-electron chi connectivity index (χ1n) is 9.23. The van der Waals surface area contributed by atoms with Crippen molar-refractivity contribution in [3.8, 4) is 0 Å². The van der Waals surface area contributed by atoms with Gasteiger partial charge in [-0.15, -0.1) is 0 Å². The van der Waals surface area contributed by atoms with Gasteiger partial charge in [-0.05, 0) is 25.3 Å². The van der Waals surface area contributed by atoms with Gasteiger partial charge in [0.05, 0.1) is 6.54 Å². The minimum Gasteiger partial charge on any atom is -0.335 e. The largest absolute Gasteiger partial charge is 0.335 e. The molecule has 1 saturated heterocycles. The van der Waals surface area contributed by atoms with Gasteiger partial charge < -0.3 is 9.80 Å². The third kappa shape index (κ3) is 5.91. The Morgan fingerprint density at radius 3 is 2.12 bits per heavy atom. The molecule has 134 valence electrons. The second-order valence-corrected chi connectivity index (χ2v) is 7.57. The number of piperazine rings is 1. The van der Waals surface area contributed by atoms with E-state index in [1.165, 1.54) is 5.56 Å². The molecule has 1 fully saturated rings. The molecule has 1 aliphatic rings. The molecule has 1 heterocycles. The Kier molecular flexibility index (Phi) is 7.25. The van der Waals surface area contributed by atoms with Gasteiger partial charge in [0.1, 0.15) is 0 Å². The SMILES string of the molecule is CC(C)CN1CCN(CC(=O)N(Cc2ccccc2)C(C)C)CC1. The predicted molar refractivity (Wildman–Crippen MR) is 99.8 cm³/mol. The lowest BCUT2D eigenvalue weighted by atomic mass is 10.1. The van der Waals surface area contributed by atoms with Crippen molar-refractivity contribution in [2.24, 2.45) is 5.92 Å². The standard InChI is InChI=1S/C20H33N3O/c1-17(2)14-21-10-12-22(13-11-21)16-20(24)23(18(3)4)15-19-8-6-5-7-9-19/h5-9,17-18H,10-16H2,1-4H3. The van der Waals surface area contributed by atoms with E-state index in [1.54, 1.807) is 0 Å². The Hall–Kier alpha value is -1.39. The van der Waals surface area contributed by atoms with Crippen LogP contribution in [0.4, 0.5) is 0 Å². The van der Waals surface area contributed by atoms with Crippen molar-refractivity contribution in [1.82, 2.24) is 14.7 Å². The summed E-state index contributed by atoms with van der Waals surface area (Å²) in [4.78, 5) is 19.6. The van der Waals surface area contributed by atoms with Crippen LogP contribution in [-0.2, 0) is 11.3 Å². The van der Waals surface area contributed by atoms with Crippen LogP contribution in [-0.4, -0.2) is 65.9 Å². The van der Waals surface area contributed by atoms with Gasteiger partial charge in [0, 0.05) is 45.3 Å². The van der Waals surface area contributed by atoms with Crippen LogP contribution < -0.4 is 0 Å². The number of rotatable bonds is 7. The lowest BCUT2D eigenvalue weighted by Crippen LogP contribution is -2.51. The smallest absolute Gasteiger partial charge is 0.237 e. The maximum atomic E-state index is 12.8. The minimum atomic E-state index is 0.222. The summed E-state index contributed by atoms with van der Waals surface area (Å²) in [7, 11) is 0.